The van der Waals surface area contributed by atoms with Gasteiger partial charge in [0.15, 0.2) is 4.90 Å². The molecule has 0 saturated heterocycles. The Bertz CT molecular complexity index is 1410. The van der Waals surface area contributed by atoms with Gasteiger partial charge in [0.2, 0.25) is 15.9 Å². The van der Waals surface area contributed by atoms with Crippen LogP contribution in [0.4, 0.5) is 27.6 Å². The van der Waals surface area contributed by atoms with Gasteiger partial charge in [0.25, 0.3) is 0 Å². The summed E-state index contributed by atoms with van der Waals surface area (Å²) in [6.07, 6.45) is -4.61. The second kappa shape index (κ2) is 9.79. The molecule has 1 aliphatic heterocycles. The van der Waals surface area contributed by atoms with E-state index >= 15 is 0 Å². The van der Waals surface area contributed by atoms with Gasteiger partial charge in [0.1, 0.15) is 11.6 Å². The maximum atomic E-state index is 14.2. The maximum absolute atomic E-state index is 14.2. The third kappa shape index (κ3) is 5.23. The number of nitrogens with zero attached hydrogens (tertiary/aromatic N) is 1. The summed E-state index contributed by atoms with van der Waals surface area (Å²) < 4.78 is 93.3. The first-order chi connectivity index (χ1) is 16.9. The number of hydrogen-bond acceptors (Lipinski definition) is 3. The van der Waals surface area contributed by atoms with Crippen molar-refractivity contribution in [1.82, 2.24) is 4.31 Å². The third-order valence-corrected chi connectivity index (χ3v) is 7.96. The molecular weight excluding hydrogens is 527 g/mol. The molecule has 0 unspecified atom stereocenters. The number of rotatable bonds is 5. The molecule has 1 heterocycles. The molecule has 36 heavy (non-hydrogen) atoms. The number of amides is 1. The quantitative estimate of drug-likeness (QED) is 0.427. The van der Waals surface area contributed by atoms with E-state index in [1.54, 1.807) is 6.07 Å². The van der Waals surface area contributed by atoms with Crippen LogP contribution < -0.4 is 5.32 Å². The first-order valence-corrected chi connectivity index (χ1v) is 12.4. The molecular formula is C24H18ClF5N2O3S. The van der Waals surface area contributed by atoms with Crippen molar-refractivity contribution in [2.45, 2.75) is 30.5 Å². The minimum absolute atomic E-state index is 0.0983. The van der Waals surface area contributed by atoms with Crippen LogP contribution in [-0.4, -0.2) is 25.2 Å². The van der Waals surface area contributed by atoms with Crippen molar-refractivity contribution < 1.29 is 35.2 Å². The van der Waals surface area contributed by atoms with Gasteiger partial charge in [-0.1, -0.05) is 35.9 Å². The SMILES string of the molecule is O=C(Cc1ccc(C(F)(F)F)cc1)Nc1c(Cl)ccc2c1CCN(S(=O)(=O)c1c(F)cccc1F)C2. The Morgan fingerprint density at radius 3 is 2.25 bits per heavy atom. The number of carbonyl (C=O) groups is 1. The van der Waals surface area contributed by atoms with Gasteiger partial charge in [-0.05, 0) is 53.4 Å². The molecule has 3 aromatic rings. The smallest absolute Gasteiger partial charge is 0.324 e. The highest BCUT2D eigenvalue weighted by Gasteiger charge is 2.34. The van der Waals surface area contributed by atoms with Gasteiger partial charge in [-0.3, -0.25) is 4.79 Å². The van der Waals surface area contributed by atoms with E-state index in [-0.39, 0.29) is 36.6 Å². The summed E-state index contributed by atoms with van der Waals surface area (Å²) in [5.74, 6) is -2.94. The van der Waals surface area contributed by atoms with Gasteiger partial charge in [0, 0.05) is 13.1 Å². The van der Waals surface area contributed by atoms with Crippen LogP contribution in [0.25, 0.3) is 0 Å². The van der Waals surface area contributed by atoms with E-state index in [4.69, 9.17) is 11.6 Å². The summed E-state index contributed by atoms with van der Waals surface area (Å²) in [7, 11) is -4.48. The Labute approximate surface area is 208 Å². The zero-order chi connectivity index (χ0) is 26.3. The summed E-state index contributed by atoms with van der Waals surface area (Å²) in [4.78, 5) is 11.6. The van der Waals surface area contributed by atoms with Gasteiger partial charge >= 0.3 is 6.18 Å². The molecule has 0 fully saturated rings. The largest absolute Gasteiger partial charge is 0.416 e. The topological polar surface area (TPSA) is 66.5 Å². The summed E-state index contributed by atoms with van der Waals surface area (Å²) in [5.41, 5.74) is 0.812. The maximum Gasteiger partial charge on any atom is 0.416 e. The number of alkyl halides is 3. The first-order valence-electron chi connectivity index (χ1n) is 10.6. The molecule has 0 aliphatic carbocycles. The van der Waals surface area contributed by atoms with Crippen molar-refractivity contribution in [2.24, 2.45) is 0 Å². The summed E-state index contributed by atoms with van der Waals surface area (Å²) in [5, 5.41) is 2.84. The van der Waals surface area contributed by atoms with Crippen LogP contribution in [0.15, 0.2) is 59.5 Å². The number of carbonyl (C=O) groups excluding carboxylic acids is 1. The predicted molar refractivity (Wildman–Crippen MR) is 123 cm³/mol. The average Bonchev–Trinajstić information content (AvgIpc) is 2.80. The van der Waals surface area contributed by atoms with E-state index < -0.39 is 44.2 Å². The predicted octanol–water partition coefficient (Wildman–Crippen LogP) is 5.57. The molecule has 0 atom stereocenters. The molecule has 4 rings (SSSR count). The molecule has 0 aromatic heterocycles. The highest BCUT2D eigenvalue weighted by atomic mass is 35.5. The molecule has 5 nitrogen and oxygen atoms in total. The van der Waals surface area contributed by atoms with Gasteiger partial charge in [-0.2, -0.15) is 17.5 Å². The summed E-state index contributed by atoms with van der Waals surface area (Å²) >= 11 is 6.27. The Hall–Kier alpha value is -3.02. The Morgan fingerprint density at radius 2 is 1.64 bits per heavy atom. The minimum Gasteiger partial charge on any atom is -0.324 e. The lowest BCUT2D eigenvalue weighted by atomic mass is 9.98. The monoisotopic (exact) mass is 544 g/mol. The number of nitrogens with one attached hydrogen (secondary N) is 1. The summed E-state index contributed by atoms with van der Waals surface area (Å²) in [6, 6.07) is 9.97. The standard InChI is InChI=1S/C24H18ClF5N2O3S/c25-18-9-6-15-13-32(36(34,35)23-19(26)2-1-3-20(23)27)11-10-17(15)22(18)31-21(33)12-14-4-7-16(8-5-14)24(28,29)30/h1-9H,10-13H2,(H,31,33). The van der Waals surface area contributed by atoms with Crippen molar-refractivity contribution >= 4 is 33.2 Å². The zero-order valence-electron chi connectivity index (χ0n) is 18.4. The number of anilines is 1. The van der Waals surface area contributed by atoms with Crippen LogP contribution >= 0.6 is 11.6 Å². The van der Waals surface area contributed by atoms with Crippen LogP contribution in [-0.2, 0) is 40.4 Å². The number of benzene rings is 3. The number of halogens is 6. The van der Waals surface area contributed by atoms with E-state index in [1.165, 1.54) is 18.2 Å². The van der Waals surface area contributed by atoms with Crippen LogP contribution in [0.5, 0.6) is 0 Å². The second-order valence-corrected chi connectivity index (χ2v) is 10.4. The molecule has 0 saturated carbocycles. The molecule has 12 heteroatoms. The number of hydrogen-bond donors (Lipinski definition) is 1. The lowest BCUT2D eigenvalue weighted by Gasteiger charge is -2.30. The van der Waals surface area contributed by atoms with E-state index in [0.717, 1.165) is 34.6 Å². The van der Waals surface area contributed by atoms with E-state index in [0.29, 0.717) is 16.7 Å². The van der Waals surface area contributed by atoms with Gasteiger partial charge in [-0.25, -0.2) is 17.2 Å². The highest BCUT2D eigenvalue weighted by Crippen LogP contribution is 2.35. The van der Waals surface area contributed by atoms with E-state index in [9.17, 15) is 35.2 Å². The highest BCUT2D eigenvalue weighted by molar-refractivity contribution is 7.89. The Kier molecular flexibility index (Phi) is 7.09. The van der Waals surface area contributed by atoms with Gasteiger partial charge in [0.05, 0.1) is 22.7 Å². The van der Waals surface area contributed by atoms with Crippen molar-refractivity contribution in [3.63, 3.8) is 0 Å². The Balaban J connectivity index is 1.54. The normalized spacial score (nSPS) is 14.4. The fourth-order valence-corrected chi connectivity index (χ4v) is 5.73. The third-order valence-electron chi connectivity index (χ3n) is 5.74. The van der Waals surface area contributed by atoms with Crippen molar-refractivity contribution in [3.8, 4) is 0 Å². The minimum atomic E-state index is -4.49. The van der Waals surface area contributed by atoms with E-state index in [2.05, 4.69) is 5.32 Å². The van der Waals surface area contributed by atoms with Crippen LogP contribution in [0.2, 0.25) is 5.02 Å². The fourth-order valence-electron chi connectivity index (χ4n) is 3.98. The lowest BCUT2D eigenvalue weighted by molar-refractivity contribution is -0.137. The Morgan fingerprint density at radius 1 is 1.00 bits per heavy atom. The lowest BCUT2D eigenvalue weighted by Crippen LogP contribution is -2.37. The average molecular weight is 545 g/mol. The van der Waals surface area contributed by atoms with Crippen molar-refractivity contribution in [1.29, 1.82) is 0 Å². The van der Waals surface area contributed by atoms with Crippen LogP contribution in [0.1, 0.15) is 22.3 Å². The van der Waals surface area contributed by atoms with Crippen molar-refractivity contribution in [2.75, 3.05) is 11.9 Å². The van der Waals surface area contributed by atoms with Crippen LogP contribution in [0, 0.1) is 11.6 Å². The van der Waals surface area contributed by atoms with Gasteiger partial charge in [-0.15, -0.1) is 0 Å². The molecule has 1 amide bonds. The van der Waals surface area contributed by atoms with Gasteiger partial charge < -0.3 is 5.32 Å². The second-order valence-electron chi connectivity index (χ2n) is 8.12. The van der Waals surface area contributed by atoms with E-state index in [1.807, 2.05) is 0 Å². The molecule has 1 aliphatic rings. The molecule has 0 spiro atoms. The zero-order valence-corrected chi connectivity index (χ0v) is 19.9. The van der Waals surface area contributed by atoms with Crippen molar-refractivity contribution in [3.05, 3.63) is 93.5 Å². The van der Waals surface area contributed by atoms with Crippen LogP contribution in [0.3, 0.4) is 0 Å². The number of fused-ring (bicyclic) bond motifs is 1. The molecule has 190 valence electrons. The molecule has 0 radical (unpaired) electrons. The molecule has 3 aromatic carbocycles. The molecule has 0 bridgehead atoms. The fraction of sp³-hybridized carbons (Fsp3) is 0.208. The first kappa shape index (κ1) is 26.1. The summed E-state index contributed by atoms with van der Waals surface area (Å²) in [6.45, 7) is -0.324. The molecule has 1 N–H and O–H groups in total. The number of sulfonamides is 1.